The predicted octanol–water partition coefficient (Wildman–Crippen LogP) is 6.03. The number of rotatable bonds is 4. The molecule has 3 nitrogen and oxygen atoms in total. The minimum atomic E-state index is 0.186. The summed E-state index contributed by atoms with van der Waals surface area (Å²) in [5.74, 6) is 0.186. The number of benzene rings is 2. The Bertz CT molecular complexity index is 875. The molecule has 6 heteroatoms. The summed E-state index contributed by atoms with van der Waals surface area (Å²) >= 11 is 13.6. The minimum absolute atomic E-state index is 0.186. The van der Waals surface area contributed by atoms with E-state index in [9.17, 15) is 5.11 Å². The van der Waals surface area contributed by atoms with Crippen molar-refractivity contribution in [2.24, 2.45) is 0 Å². The summed E-state index contributed by atoms with van der Waals surface area (Å²) in [5.41, 5.74) is 1.58. The molecule has 0 aliphatic heterocycles. The SMILES string of the molecule is CC(=C(Sc1ccc(Cl)cc1)n1ccnc1)c1cc(Cl)ccc1O. The average molecular weight is 377 g/mol. The van der Waals surface area contributed by atoms with Crippen molar-refractivity contribution in [2.45, 2.75) is 11.8 Å². The molecule has 0 atom stereocenters. The van der Waals surface area contributed by atoms with E-state index in [1.165, 1.54) is 0 Å². The van der Waals surface area contributed by atoms with Gasteiger partial charge in [-0.2, -0.15) is 0 Å². The Morgan fingerprint density at radius 2 is 1.79 bits per heavy atom. The van der Waals surface area contributed by atoms with Gasteiger partial charge in [0.1, 0.15) is 5.75 Å². The molecule has 3 aromatic rings. The van der Waals surface area contributed by atoms with Gasteiger partial charge in [-0.25, -0.2) is 4.98 Å². The first kappa shape index (κ1) is 17.0. The number of thioether (sulfide) groups is 1. The molecule has 1 heterocycles. The highest BCUT2D eigenvalue weighted by molar-refractivity contribution is 8.08. The highest BCUT2D eigenvalue weighted by Gasteiger charge is 2.13. The third kappa shape index (κ3) is 3.78. The van der Waals surface area contributed by atoms with Gasteiger partial charge in [0.25, 0.3) is 0 Å². The Morgan fingerprint density at radius 1 is 1.08 bits per heavy atom. The van der Waals surface area contributed by atoms with Gasteiger partial charge in [0, 0.05) is 32.9 Å². The lowest BCUT2D eigenvalue weighted by atomic mass is 10.1. The molecular weight excluding hydrogens is 363 g/mol. The van der Waals surface area contributed by atoms with Crippen molar-refractivity contribution < 1.29 is 5.11 Å². The van der Waals surface area contributed by atoms with Crippen molar-refractivity contribution in [3.8, 4) is 5.75 Å². The maximum Gasteiger partial charge on any atom is 0.123 e. The minimum Gasteiger partial charge on any atom is -0.507 e. The van der Waals surface area contributed by atoms with Crippen LogP contribution in [0.5, 0.6) is 5.75 Å². The number of hydrogen-bond donors (Lipinski definition) is 1. The first-order valence-corrected chi connectivity index (χ1v) is 8.73. The number of phenols is 1. The summed E-state index contributed by atoms with van der Waals surface area (Å²) in [4.78, 5) is 5.15. The topological polar surface area (TPSA) is 38.0 Å². The Kier molecular flexibility index (Phi) is 5.19. The second-order valence-corrected chi connectivity index (χ2v) is 7.05. The van der Waals surface area contributed by atoms with Gasteiger partial charge in [-0.3, -0.25) is 4.57 Å². The van der Waals surface area contributed by atoms with Gasteiger partial charge >= 0.3 is 0 Å². The van der Waals surface area contributed by atoms with Crippen LogP contribution in [-0.4, -0.2) is 14.7 Å². The van der Waals surface area contributed by atoms with Gasteiger partial charge in [-0.05, 0) is 55.0 Å². The molecule has 24 heavy (non-hydrogen) atoms. The number of phenolic OH excluding ortho intramolecular Hbond substituents is 1. The lowest BCUT2D eigenvalue weighted by Gasteiger charge is -2.14. The van der Waals surface area contributed by atoms with E-state index < -0.39 is 0 Å². The molecule has 1 aromatic heterocycles. The van der Waals surface area contributed by atoms with Crippen LogP contribution in [0.4, 0.5) is 0 Å². The zero-order valence-corrected chi connectivity index (χ0v) is 15.1. The fourth-order valence-corrected chi connectivity index (χ4v) is 3.51. The fourth-order valence-electron chi connectivity index (χ4n) is 2.24. The van der Waals surface area contributed by atoms with E-state index in [0.29, 0.717) is 15.6 Å². The van der Waals surface area contributed by atoms with E-state index in [0.717, 1.165) is 15.5 Å². The van der Waals surface area contributed by atoms with Crippen molar-refractivity contribution in [1.29, 1.82) is 0 Å². The Hall–Kier alpha value is -1.88. The number of nitrogens with zero attached hydrogens (tertiary/aromatic N) is 2. The Balaban J connectivity index is 2.10. The fraction of sp³-hybridized carbons (Fsp3) is 0.0556. The molecule has 0 aliphatic rings. The molecule has 0 bridgehead atoms. The van der Waals surface area contributed by atoms with Crippen LogP contribution >= 0.6 is 35.0 Å². The zero-order chi connectivity index (χ0) is 17.1. The van der Waals surface area contributed by atoms with Gasteiger partial charge < -0.3 is 5.11 Å². The van der Waals surface area contributed by atoms with Gasteiger partial charge in [0.05, 0.1) is 11.4 Å². The summed E-state index contributed by atoms with van der Waals surface area (Å²) in [5, 5.41) is 12.4. The van der Waals surface area contributed by atoms with E-state index in [4.69, 9.17) is 23.2 Å². The van der Waals surface area contributed by atoms with Crippen LogP contribution in [0.3, 0.4) is 0 Å². The molecule has 0 spiro atoms. The zero-order valence-electron chi connectivity index (χ0n) is 12.8. The smallest absolute Gasteiger partial charge is 0.123 e. The van der Waals surface area contributed by atoms with Gasteiger partial charge in [-0.15, -0.1) is 0 Å². The molecule has 1 N–H and O–H groups in total. The molecule has 3 rings (SSSR count). The number of imidazole rings is 1. The van der Waals surface area contributed by atoms with Crippen LogP contribution in [0.1, 0.15) is 12.5 Å². The second kappa shape index (κ2) is 7.34. The van der Waals surface area contributed by atoms with E-state index in [2.05, 4.69) is 4.98 Å². The molecule has 0 fully saturated rings. The lowest BCUT2D eigenvalue weighted by molar-refractivity contribution is 0.473. The van der Waals surface area contributed by atoms with Crippen LogP contribution in [-0.2, 0) is 0 Å². The first-order chi connectivity index (χ1) is 11.5. The number of aromatic hydroxyl groups is 1. The molecule has 2 aromatic carbocycles. The maximum absolute atomic E-state index is 10.2. The molecule has 0 aliphatic carbocycles. The van der Waals surface area contributed by atoms with E-state index in [1.54, 1.807) is 42.5 Å². The summed E-state index contributed by atoms with van der Waals surface area (Å²) < 4.78 is 1.91. The van der Waals surface area contributed by atoms with Crippen LogP contribution in [0.2, 0.25) is 10.0 Å². The molecule has 0 unspecified atom stereocenters. The van der Waals surface area contributed by atoms with Crippen molar-refractivity contribution >= 4 is 45.6 Å². The standard InChI is InChI=1S/C18H14Cl2N2OS/c1-12(16-10-14(20)4-7-17(16)23)18(22-9-8-21-11-22)24-15-5-2-13(19)3-6-15/h2-11,23H,1H3. The lowest BCUT2D eigenvalue weighted by Crippen LogP contribution is -1.95. The molecule has 0 saturated heterocycles. The summed E-state index contributed by atoms with van der Waals surface area (Å²) in [6.07, 6.45) is 5.31. The summed E-state index contributed by atoms with van der Waals surface area (Å²) in [7, 11) is 0. The van der Waals surface area contributed by atoms with Gasteiger partial charge in [0.15, 0.2) is 0 Å². The predicted molar refractivity (Wildman–Crippen MR) is 101 cm³/mol. The second-order valence-electron chi connectivity index (χ2n) is 5.12. The first-order valence-electron chi connectivity index (χ1n) is 7.16. The number of hydrogen-bond acceptors (Lipinski definition) is 3. The average Bonchev–Trinajstić information content (AvgIpc) is 3.10. The maximum atomic E-state index is 10.2. The quantitative estimate of drug-likeness (QED) is 0.564. The highest BCUT2D eigenvalue weighted by Crippen LogP contribution is 2.39. The van der Waals surface area contributed by atoms with Crippen LogP contribution in [0.25, 0.3) is 10.6 Å². The van der Waals surface area contributed by atoms with Crippen molar-refractivity contribution in [3.63, 3.8) is 0 Å². The largest absolute Gasteiger partial charge is 0.507 e. The van der Waals surface area contributed by atoms with Crippen molar-refractivity contribution in [2.75, 3.05) is 0 Å². The van der Waals surface area contributed by atoms with Crippen LogP contribution < -0.4 is 0 Å². The van der Waals surface area contributed by atoms with Crippen molar-refractivity contribution in [3.05, 3.63) is 76.8 Å². The van der Waals surface area contributed by atoms with E-state index in [1.807, 2.05) is 42.0 Å². The molecule has 122 valence electrons. The Labute approximate surface area is 154 Å². The van der Waals surface area contributed by atoms with Crippen LogP contribution in [0.15, 0.2) is 66.1 Å². The van der Waals surface area contributed by atoms with Crippen LogP contribution in [0, 0.1) is 0 Å². The number of allylic oxidation sites excluding steroid dienone is 1. The van der Waals surface area contributed by atoms with Gasteiger partial charge in [0.2, 0.25) is 0 Å². The molecular formula is C18H14Cl2N2OS. The number of halogens is 2. The summed E-state index contributed by atoms with van der Waals surface area (Å²) in [6, 6.07) is 12.6. The third-order valence-electron chi connectivity index (χ3n) is 3.45. The highest BCUT2D eigenvalue weighted by atomic mass is 35.5. The number of aromatic nitrogens is 2. The van der Waals surface area contributed by atoms with E-state index >= 15 is 0 Å². The molecule has 0 amide bonds. The summed E-state index contributed by atoms with van der Waals surface area (Å²) in [6.45, 7) is 1.95. The Morgan fingerprint density at radius 3 is 2.46 bits per heavy atom. The van der Waals surface area contributed by atoms with Gasteiger partial charge in [-0.1, -0.05) is 35.0 Å². The normalized spacial score (nSPS) is 12.1. The monoisotopic (exact) mass is 376 g/mol. The van der Waals surface area contributed by atoms with E-state index in [-0.39, 0.29) is 5.75 Å². The van der Waals surface area contributed by atoms with Crippen molar-refractivity contribution in [1.82, 2.24) is 9.55 Å². The molecule has 0 radical (unpaired) electrons. The third-order valence-corrected chi connectivity index (χ3v) is 5.16. The molecule has 0 saturated carbocycles.